The van der Waals surface area contributed by atoms with Crippen LogP contribution in [-0.2, 0) is 36.5 Å². The smallest absolute Gasteiger partial charge is 0.418 e. The van der Waals surface area contributed by atoms with Gasteiger partial charge >= 0.3 is 23.9 Å². The third-order valence-electron chi connectivity index (χ3n) is 13.0. The lowest BCUT2D eigenvalue weighted by Crippen LogP contribution is -2.49. The molecule has 63 heavy (non-hydrogen) atoms. The topological polar surface area (TPSA) is 176 Å². The number of piperidine rings is 4. The van der Waals surface area contributed by atoms with Crippen molar-refractivity contribution in [2.24, 2.45) is 11.8 Å². The number of amides is 3. The van der Waals surface area contributed by atoms with Gasteiger partial charge in [0.2, 0.25) is 5.91 Å². The number of alkyl halides is 3. The highest BCUT2D eigenvalue weighted by molar-refractivity contribution is 6.33. The quantitative estimate of drug-likeness (QED) is 0.122. The molecule has 3 N–H and O–H groups in total. The lowest BCUT2D eigenvalue weighted by atomic mass is 9.78. The molecule has 3 amide bonds. The number of nitrogens with zero attached hydrogens (tertiary/aromatic N) is 6. The number of anilines is 1. The lowest BCUT2D eigenvalue weighted by molar-refractivity contribution is -0.145. The first-order valence-electron chi connectivity index (χ1n) is 22.0. The number of ether oxygens (including phenoxy) is 2. The van der Waals surface area contributed by atoms with Crippen LogP contribution in [0, 0.1) is 11.8 Å². The number of aromatic nitrogens is 3. The highest BCUT2D eigenvalue weighted by Gasteiger charge is 2.38. The van der Waals surface area contributed by atoms with Crippen molar-refractivity contribution in [3.05, 3.63) is 69.1 Å². The van der Waals surface area contributed by atoms with Crippen LogP contribution in [0.2, 0.25) is 5.02 Å². The van der Waals surface area contributed by atoms with Crippen LogP contribution >= 0.6 is 11.6 Å². The summed E-state index contributed by atoms with van der Waals surface area (Å²) in [6, 6.07) is 11.0. The first-order chi connectivity index (χ1) is 30.2. The monoisotopic (exact) mass is 900 g/mol. The summed E-state index contributed by atoms with van der Waals surface area (Å²) in [6.45, 7) is 4.52. The number of hydrogen-bond acceptors (Lipinski definition) is 10. The summed E-state index contributed by atoms with van der Waals surface area (Å²) in [5, 5.41) is 4.17. The summed E-state index contributed by atoms with van der Waals surface area (Å²) in [7, 11) is 0. The minimum absolute atomic E-state index is 0.0398. The van der Waals surface area contributed by atoms with E-state index in [2.05, 4.69) is 15.0 Å². The van der Waals surface area contributed by atoms with E-state index in [1.54, 1.807) is 4.90 Å². The van der Waals surface area contributed by atoms with Crippen LogP contribution in [0.15, 0.2) is 47.3 Å². The van der Waals surface area contributed by atoms with E-state index in [-0.39, 0.29) is 66.9 Å². The van der Waals surface area contributed by atoms with Crippen LogP contribution < -0.4 is 11.4 Å². The van der Waals surface area contributed by atoms with Gasteiger partial charge in [-0.2, -0.15) is 13.2 Å². The maximum absolute atomic E-state index is 14.2. The number of benzene rings is 2. The number of carbonyl (C=O) groups is 4. The van der Waals surface area contributed by atoms with Crippen molar-refractivity contribution in [2.45, 2.75) is 89.0 Å². The van der Waals surface area contributed by atoms with E-state index >= 15 is 0 Å². The SMILES string of the molecule is Nc1c(Cl)cc(C[C@@H](OC(=O)N2CCC(n3nc(-c4ccccc4)[nH]c3=O)CC2)C(=O)N2CCC(C3CCN(CC(=O)OCCCN4CCCCC4=O)CC3)CC2)cc1C(F)(F)F. The Labute approximate surface area is 369 Å². The molecule has 0 unspecified atom stereocenters. The molecule has 19 heteroatoms. The Bertz CT molecular complexity index is 2130. The largest absolute Gasteiger partial charge is 0.465 e. The zero-order valence-electron chi connectivity index (χ0n) is 35.3. The van der Waals surface area contributed by atoms with Crippen LogP contribution in [0.4, 0.5) is 23.7 Å². The van der Waals surface area contributed by atoms with E-state index in [0.717, 1.165) is 56.9 Å². The number of aromatic amines is 1. The van der Waals surface area contributed by atoms with Crippen molar-refractivity contribution < 1.29 is 41.8 Å². The number of H-pyrrole nitrogens is 1. The molecule has 2 aromatic carbocycles. The third kappa shape index (κ3) is 11.7. The fourth-order valence-corrected chi connectivity index (χ4v) is 9.61. The summed E-state index contributed by atoms with van der Waals surface area (Å²) < 4.78 is 54.5. The summed E-state index contributed by atoms with van der Waals surface area (Å²) in [4.78, 5) is 75.0. The van der Waals surface area contributed by atoms with Crippen molar-refractivity contribution >= 4 is 41.2 Å². The number of nitrogens with one attached hydrogen (secondary N) is 1. The summed E-state index contributed by atoms with van der Waals surface area (Å²) in [5.41, 5.74) is 4.34. The second-order valence-corrected chi connectivity index (χ2v) is 17.5. The van der Waals surface area contributed by atoms with Crippen molar-refractivity contribution in [3.63, 3.8) is 0 Å². The molecule has 7 rings (SSSR count). The maximum Gasteiger partial charge on any atom is 0.418 e. The van der Waals surface area contributed by atoms with E-state index in [4.69, 9.17) is 26.8 Å². The van der Waals surface area contributed by atoms with E-state index in [1.165, 1.54) is 15.6 Å². The Morgan fingerprint density at radius 2 is 1.56 bits per heavy atom. The molecule has 3 aromatic rings. The lowest BCUT2D eigenvalue weighted by Gasteiger charge is -2.40. The third-order valence-corrected chi connectivity index (χ3v) is 13.3. The first-order valence-corrected chi connectivity index (χ1v) is 22.4. The minimum Gasteiger partial charge on any atom is -0.465 e. The number of esters is 1. The molecule has 15 nitrogen and oxygen atoms in total. The van der Waals surface area contributed by atoms with Gasteiger partial charge in [-0.05, 0) is 100 Å². The zero-order chi connectivity index (χ0) is 44.7. The minimum atomic E-state index is -4.81. The molecule has 1 atom stereocenters. The molecule has 5 heterocycles. The molecule has 0 aliphatic carbocycles. The van der Waals surface area contributed by atoms with Gasteiger partial charge in [0, 0.05) is 57.7 Å². The summed E-state index contributed by atoms with van der Waals surface area (Å²) >= 11 is 6.15. The van der Waals surface area contributed by atoms with Crippen LogP contribution in [0.3, 0.4) is 0 Å². The van der Waals surface area contributed by atoms with Crippen molar-refractivity contribution in [2.75, 3.05) is 71.2 Å². The van der Waals surface area contributed by atoms with Gasteiger partial charge in [-0.15, -0.1) is 5.10 Å². The zero-order valence-corrected chi connectivity index (χ0v) is 36.1. The van der Waals surface area contributed by atoms with Gasteiger partial charge in [0.15, 0.2) is 11.9 Å². The Kier molecular flexibility index (Phi) is 15.0. The van der Waals surface area contributed by atoms with Gasteiger partial charge in [-0.25, -0.2) is 14.3 Å². The predicted octanol–water partition coefficient (Wildman–Crippen LogP) is 5.77. The maximum atomic E-state index is 14.2. The number of hydrogen-bond donors (Lipinski definition) is 2. The molecule has 0 bridgehead atoms. The fourth-order valence-electron chi connectivity index (χ4n) is 9.36. The fraction of sp³-hybridized carbons (Fsp3) is 0.591. The van der Waals surface area contributed by atoms with Crippen LogP contribution in [0.1, 0.15) is 81.4 Å². The van der Waals surface area contributed by atoms with Gasteiger partial charge in [0.25, 0.3) is 5.91 Å². The van der Waals surface area contributed by atoms with Crippen molar-refractivity contribution in [1.29, 1.82) is 0 Å². The van der Waals surface area contributed by atoms with Crippen molar-refractivity contribution in [1.82, 2.24) is 34.4 Å². The van der Waals surface area contributed by atoms with Crippen LogP contribution in [0.5, 0.6) is 0 Å². The molecular weight excluding hydrogens is 845 g/mol. The molecule has 342 valence electrons. The standard InChI is InChI=1S/C44H56ClF3N8O7/c45-35-26-29(25-34(39(35)49)44(46,47)48)27-36(63-43(61)55-22-14-33(15-23-55)56-42(60)50-40(51-56)32-7-2-1-3-8-32)41(59)54-20-12-31(13-21-54)30-10-18-52(19-11-30)28-38(58)62-24-6-17-53-16-5-4-9-37(53)57/h1-3,7-8,25-26,30-31,33,36H,4-6,9-24,27-28,49H2,(H,50,51,60)/t36-/m1/s1. The van der Waals surface area contributed by atoms with Gasteiger partial charge in [0.05, 0.1) is 35.5 Å². The Morgan fingerprint density at radius 3 is 2.22 bits per heavy atom. The number of nitrogens with two attached hydrogens (primary N) is 1. The van der Waals surface area contributed by atoms with E-state index in [0.29, 0.717) is 75.8 Å². The molecule has 0 saturated carbocycles. The Hall–Kier alpha value is -5.10. The molecule has 4 saturated heterocycles. The molecule has 0 spiro atoms. The average molecular weight is 901 g/mol. The molecule has 1 aromatic heterocycles. The first kappa shape index (κ1) is 45.9. The predicted molar refractivity (Wildman–Crippen MR) is 227 cm³/mol. The van der Waals surface area contributed by atoms with Gasteiger partial charge in [-0.3, -0.25) is 24.3 Å². The molecule has 4 aliphatic rings. The number of rotatable bonds is 13. The second kappa shape index (κ2) is 20.6. The number of carbonyl (C=O) groups excluding carboxylic acids is 4. The van der Waals surface area contributed by atoms with Crippen molar-refractivity contribution in [3.8, 4) is 11.4 Å². The van der Waals surface area contributed by atoms with E-state index in [1.807, 2.05) is 35.2 Å². The number of likely N-dealkylation sites (tertiary alicyclic amines) is 4. The van der Waals surface area contributed by atoms with Gasteiger partial charge in [-0.1, -0.05) is 41.9 Å². The van der Waals surface area contributed by atoms with E-state index < -0.39 is 35.5 Å². The molecule has 4 aliphatic heterocycles. The molecule has 4 fully saturated rings. The normalized spacial score (nSPS) is 19.3. The number of nitrogen functional groups attached to an aromatic ring is 1. The number of halogens is 4. The van der Waals surface area contributed by atoms with Crippen LogP contribution in [0.25, 0.3) is 11.4 Å². The Morgan fingerprint density at radius 1 is 0.889 bits per heavy atom. The van der Waals surface area contributed by atoms with Crippen LogP contribution in [-0.4, -0.2) is 130 Å². The highest BCUT2D eigenvalue weighted by atomic mass is 35.5. The Balaban J connectivity index is 0.919. The summed E-state index contributed by atoms with van der Waals surface area (Å²) in [6.07, 6.45) is -0.286. The van der Waals surface area contributed by atoms with Gasteiger partial charge < -0.3 is 29.9 Å². The van der Waals surface area contributed by atoms with E-state index in [9.17, 15) is 37.1 Å². The highest BCUT2D eigenvalue weighted by Crippen LogP contribution is 2.39. The average Bonchev–Trinajstić information content (AvgIpc) is 3.68. The molecular formula is C44H56ClF3N8O7. The van der Waals surface area contributed by atoms with Gasteiger partial charge in [0.1, 0.15) is 0 Å². The molecule has 0 radical (unpaired) electrons. The summed E-state index contributed by atoms with van der Waals surface area (Å²) in [5.74, 6) is 0.542. The second-order valence-electron chi connectivity index (χ2n) is 17.1.